The van der Waals surface area contributed by atoms with Crippen LogP contribution in [0, 0.1) is 0 Å². The van der Waals surface area contributed by atoms with Gasteiger partial charge in [-0.05, 0) is 12.7 Å². The van der Waals surface area contributed by atoms with E-state index in [9.17, 15) is 0 Å². The Morgan fingerprint density at radius 3 is 3.00 bits per heavy atom. The second-order valence-electron chi connectivity index (χ2n) is 3.18. The molecule has 90 valence electrons. The Kier molecular flexibility index (Phi) is 5.42. The van der Waals surface area contributed by atoms with Gasteiger partial charge < -0.3 is 5.73 Å². The van der Waals surface area contributed by atoms with Crippen LogP contribution in [0.15, 0.2) is 23.8 Å². The lowest BCUT2D eigenvalue weighted by atomic mass is 10.3. The van der Waals surface area contributed by atoms with Crippen LogP contribution in [0.5, 0.6) is 0 Å². The van der Waals surface area contributed by atoms with Crippen molar-refractivity contribution in [3.63, 3.8) is 0 Å². The first kappa shape index (κ1) is 13.4. The van der Waals surface area contributed by atoms with Crippen molar-refractivity contribution < 1.29 is 0 Å². The Labute approximate surface area is 105 Å². The number of nitrogens with two attached hydrogens (primary N) is 1. The van der Waals surface area contributed by atoms with Crippen molar-refractivity contribution in [3.05, 3.63) is 29.4 Å². The highest BCUT2D eigenvalue weighted by atomic mass is 32.2. The fourth-order valence-corrected chi connectivity index (χ4v) is 1.38. The summed E-state index contributed by atoms with van der Waals surface area (Å²) in [5.41, 5.74) is 5.62. The first-order chi connectivity index (χ1) is 8.21. The summed E-state index contributed by atoms with van der Waals surface area (Å²) in [6, 6.07) is 0. The minimum Gasteiger partial charge on any atom is -0.378 e. The maximum Gasteiger partial charge on any atom is 0.252 e. The van der Waals surface area contributed by atoms with Crippen molar-refractivity contribution in [2.45, 2.75) is 13.3 Å². The molecule has 1 heterocycles. The molecule has 0 atom stereocenters. The van der Waals surface area contributed by atoms with Gasteiger partial charge >= 0.3 is 0 Å². The smallest absolute Gasteiger partial charge is 0.252 e. The molecule has 0 aliphatic rings. The first-order valence-corrected chi connectivity index (χ1v) is 6.47. The lowest BCUT2D eigenvalue weighted by Crippen LogP contribution is -2.28. The molecule has 0 radical (unpaired) electrons. The fraction of sp³-hybridized carbons (Fsp3) is 0.250. The molecule has 4 nitrogen and oxygen atoms in total. The van der Waals surface area contributed by atoms with Gasteiger partial charge in [0.2, 0.25) is 0 Å². The van der Waals surface area contributed by atoms with Crippen molar-refractivity contribution >= 4 is 35.0 Å². The minimum atomic E-state index is 0.387. The standard InChI is InChI=1S/C12H16N4S/c1-4-6-9-8-14-12(16-11(13)17-3)15-10(9)7-5-2/h4,6-8H,1,5H2,2-3H3,(H2,13,15,16)/b9-6-,10-7+. The highest BCUT2D eigenvalue weighted by molar-refractivity contribution is 8.13. The minimum absolute atomic E-state index is 0.387. The Morgan fingerprint density at radius 1 is 1.65 bits per heavy atom. The highest BCUT2D eigenvalue weighted by Crippen LogP contribution is 2.01. The molecule has 0 aliphatic carbocycles. The number of nitrogens with zero attached hydrogens (tertiary/aromatic N) is 3. The average molecular weight is 248 g/mol. The van der Waals surface area contributed by atoms with Crippen LogP contribution in [0.2, 0.25) is 0 Å². The van der Waals surface area contributed by atoms with Gasteiger partial charge in [0.15, 0.2) is 5.17 Å². The number of thioether (sulfide) groups is 1. The first-order valence-electron chi connectivity index (χ1n) is 5.25. The molecule has 5 heteroatoms. The van der Waals surface area contributed by atoms with Gasteiger partial charge in [-0.1, -0.05) is 43.5 Å². The van der Waals surface area contributed by atoms with Crippen LogP contribution in [-0.2, 0) is 0 Å². The largest absolute Gasteiger partial charge is 0.378 e. The Bertz CT molecular complexity index is 534. The topological polar surface area (TPSA) is 64.2 Å². The van der Waals surface area contributed by atoms with Crippen molar-refractivity contribution in [1.29, 1.82) is 0 Å². The predicted octanol–water partition coefficient (Wildman–Crippen LogP) is 0.943. The summed E-state index contributed by atoms with van der Waals surface area (Å²) in [5.74, 6) is 0.387. The zero-order valence-corrected chi connectivity index (χ0v) is 10.9. The summed E-state index contributed by atoms with van der Waals surface area (Å²) < 4.78 is 0. The second kappa shape index (κ2) is 6.85. The van der Waals surface area contributed by atoms with Crippen LogP contribution in [0.3, 0.4) is 0 Å². The van der Waals surface area contributed by atoms with E-state index in [1.165, 1.54) is 11.8 Å². The van der Waals surface area contributed by atoms with Gasteiger partial charge in [-0.2, -0.15) is 4.99 Å². The molecular weight excluding hydrogens is 232 g/mol. The lowest BCUT2D eigenvalue weighted by Gasteiger charge is -1.96. The molecule has 0 unspecified atom stereocenters. The number of aliphatic imine (C=N–C) groups is 1. The van der Waals surface area contributed by atoms with Gasteiger partial charge in [0, 0.05) is 11.4 Å². The van der Waals surface area contributed by atoms with Crippen LogP contribution in [0.4, 0.5) is 5.95 Å². The SMILES string of the molecule is C=C/C=c1/cnc(/N=C(/N)SC)n/c1=C/CC. The van der Waals surface area contributed by atoms with Crippen molar-refractivity contribution in [2.75, 3.05) is 6.26 Å². The average Bonchev–Trinajstić information content (AvgIpc) is 2.33. The van der Waals surface area contributed by atoms with E-state index in [-0.39, 0.29) is 0 Å². The molecule has 0 aliphatic heterocycles. The van der Waals surface area contributed by atoms with Crippen molar-refractivity contribution in [1.82, 2.24) is 9.97 Å². The molecule has 0 fully saturated rings. The quantitative estimate of drug-likeness (QED) is 0.639. The zero-order valence-electron chi connectivity index (χ0n) is 10.1. The third-order valence-electron chi connectivity index (χ3n) is 1.95. The van der Waals surface area contributed by atoms with E-state index in [2.05, 4.69) is 28.5 Å². The number of hydrogen-bond donors (Lipinski definition) is 1. The summed E-state index contributed by atoms with van der Waals surface area (Å²) in [7, 11) is 0. The number of hydrogen-bond acceptors (Lipinski definition) is 4. The number of aromatic nitrogens is 2. The molecule has 0 spiro atoms. The summed E-state index contributed by atoms with van der Waals surface area (Å²) in [4.78, 5) is 12.6. The van der Waals surface area contributed by atoms with Crippen molar-refractivity contribution in [3.8, 4) is 0 Å². The summed E-state index contributed by atoms with van der Waals surface area (Å²) in [6.07, 6.45) is 10.1. The van der Waals surface area contributed by atoms with Gasteiger partial charge in [0.25, 0.3) is 5.95 Å². The van der Waals surface area contributed by atoms with Gasteiger partial charge in [0.1, 0.15) is 0 Å². The highest BCUT2D eigenvalue weighted by Gasteiger charge is 1.95. The molecule has 1 aromatic rings. The van der Waals surface area contributed by atoms with Crippen LogP contribution in [0.1, 0.15) is 13.3 Å². The van der Waals surface area contributed by atoms with Gasteiger partial charge in [0.05, 0.1) is 5.35 Å². The third kappa shape index (κ3) is 4.03. The van der Waals surface area contributed by atoms with E-state index in [1.807, 2.05) is 18.4 Å². The fourth-order valence-electron chi connectivity index (χ4n) is 1.20. The molecular formula is C12H16N4S. The van der Waals surface area contributed by atoms with E-state index < -0.39 is 0 Å². The van der Waals surface area contributed by atoms with E-state index in [0.717, 1.165) is 17.0 Å². The Hall–Kier alpha value is -1.62. The summed E-state index contributed by atoms with van der Waals surface area (Å²) in [6.45, 7) is 5.72. The van der Waals surface area contributed by atoms with E-state index in [1.54, 1.807) is 12.3 Å². The zero-order chi connectivity index (χ0) is 12.7. The molecule has 0 amide bonds. The molecule has 0 aromatic carbocycles. The maximum atomic E-state index is 5.62. The number of rotatable bonds is 3. The second-order valence-corrected chi connectivity index (χ2v) is 4.01. The van der Waals surface area contributed by atoms with Crippen LogP contribution < -0.4 is 16.3 Å². The van der Waals surface area contributed by atoms with Gasteiger partial charge in [-0.15, -0.1) is 0 Å². The molecule has 0 saturated carbocycles. The monoisotopic (exact) mass is 248 g/mol. The number of allylic oxidation sites excluding steroid dienone is 1. The molecule has 1 rings (SSSR count). The maximum absolute atomic E-state index is 5.62. The molecule has 2 N–H and O–H groups in total. The van der Waals surface area contributed by atoms with Crippen LogP contribution >= 0.6 is 11.8 Å². The van der Waals surface area contributed by atoms with Crippen LogP contribution in [-0.4, -0.2) is 21.4 Å². The molecule has 17 heavy (non-hydrogen) atoms. The normalized spacial score (nSPS) is 14.1. The lowest BCUT2D eigenvalue weighted by molar-refractivity contribution is 1.07. The van der Waals surface area contributed by atoms with E-state index in [4.69, 9.17) is 5.73 Å². The Morgan fingerprint density at radius 2 is 2.41 bits per heavy atom. The van der Waals surface area contributed by atoms with E-state index >= 15 is 0 Å². The Balaban J connectivity index is 3.34. The van der Waals surface area contributed by atoms with Crippen LogP contribution in [0.25, 0.3) is 12.2 Å². The predicted molar refractivity (Wildman–Crippen MR) is 75.5 cm³/mol. The molecule has 0 bridgehead atoms. The van der Waals surface area contributed by atoms with Gasteiger partial charge in [-0.25, -0.2) is 9.97 Å². The van der Waals surface area contributed by atoms with Gasteiger partial charge in [-0.3, -0.25) is 0 Å². The molecule has 1 aromatic heterocycles. The van der Waals surface area contributed by atoms with E-state index in [0.29, 0.717) is 11.1 Å². The summed E-state index contributed by atoms with van der Waals surface area (Å²) in [5, 5.41) is 2.24. The molecule has 0 saturated heterocycles. The summed E-state index contributed by atoms with van der Waals surface area (Å²) >= 11 is 1.37. The third-order valence-corrected chi connectivity index (χ3v) is 2.46. The van der Waals surface area contributed by atoms with Crippen molar-refractivity contribution in [2.24, 2.45) is 10.7 Å². The number of amidine groups is 1.